The van der Waals surface area contributed by atoms with Crippen LogP contribution in [0.4, 0.5) is 0 Å². The van der Waals surface area contributed by atoms with Crippen molar-refractivity contribution in [1.82, 2.24) is 0 Å². The second kappa shape index (κ2) is 5.34. The molecule has 5 nitrogen and oxygen atoms in total. The van der Waals surface area contributed by atoms with Gasteiger partial charge in [0.25, 0.3) is 0 Å². The molecule has 0 radical (unpaired) electrons. The maximum atomic E-state index is 12.4. The van der Waals surface area contributed by atoms with Crippen molar-refractivity contribution < 1.29 is 24.9 Å². The number of rotatable bonds is 4. The van der Waals surface area contributed by atoms with Gasteiger partial charge in [-0.3, -0.25) is 9.59 Å². The van der Waals surface area contributed by atoms with Gasteiger partial charge in [0.05, 0.1) is 12.0 Å². The Hall–Kier alpha value is -2.34. The zero-order valence-corrected chi connectivity index (χ0v) is 11.4. The number of carboxylic acid groups (broad SMARTS) is 1. The predicted octanol–water partition coefficient (Wildman–Crippen LogP) is 2.33. The van der Waals surface area contributed by atoms with Crippen LogP contribution in [0.5, 0.6) is 11.5 Å². The minimum atomic E-state index is -1.14. The van der Waals surface area contributed by atoms with Gasteiger partial charge in [0.1, 0.15) is 11.5 Å². The van der Waals surface area contributed by atoms with Gasteiger partial charge in [-0.15, -0.1) is 0 Å². The molecule has 2 aromatic rings. The van der Waals surface area contributed by atoms with Gasteiger partial charge in [-0.05, 0) is 29.5 Å². The van der Waals surface area contributed by atoms with Crippen molar-refractivity contribution >= 4 is 23.1 Å². The fourth-order valence-corrected chi connectivity index (χ4v) is 2.61. The van der Waals surface area contributed by atoms with Crippen molar-refractivity contribution in [3.8, 4) is 11.5 Å². The molecule has 0 fully saturated rings. The summed E-state index contributed by atoms with van der Waals surface area (Å²) < 4.78 is 0. The van der Waals surface area contributed by atoms with Crippen LogP contribution >= 0.6 is 11.3 Å². The Kier molecular flexibility index (Phi) is 3.76. The van der Waals surface area contributed by atoms with E-state index in [2.05, 4.69) is 0 Å². The number of aromatic hydroxyl groups is 2. The quantitative estimate of drug-likeness (QED) is 0.752. The topological polar surface area (TPSA) is 94.8 Å². The monoisotopic (exact) mass is 292 g/mol. The lowest BCUT2D eigenvalue weighted by molar-refractivity contribution is -0.136. The molecule has 6 heteroatoms. The van der Waals surface area contributed by atoms with Gasteiger partial charge in [0.15, 0.2) is 5.78 Å². The lowest BCUT2D eigenvalue weighted by Gasteiger charge is -2.13. The summed E-state index contributed by atoms with van der Waals surface area (Å²) in [6.45, 7) is 1.51. The number of aliphatic carboxylic acids is 1. The Morgan fingerprint density at radius 3 is 2.50 bits per heavy atom. The number of hydrogen-bond acceptors (Lipinski definition) is 5. The predicted molar refractivity (Wildman–Crippen MR) is 73.6 cm³/mol. The fraction of sp³-hybridized carbons (Fsp3) is 0.143. The second-order valence-electron chi connectivity index (χ2n) is 4.31. The minimum Gasteiger partial charge on any atom is -0.508 e. The van der Waals surface area contributed by atoms with E-state index < -0.39 is 23.9 Å². The highest BCUT2D eigenvalue weighted by atomic mass is 32.1. The number of phenols is 2. The highest BCUT2D eigenvalue weighted by Crippen LogP contribution is 2.34. The highest BCUT2D eigenvalue weighted by molar-refractivity contribution is 7.08. The van der Waals surface area contributed by atoms with E-state index in [0.717, 1.165) is 6.07 Å². The summed E-state index contributed by atoms with van der Waals surface area (Å²) in [7, 11) is 0. The van der Waals surface area contributed by atoms with E-state index in [1.54, 1.807) is 16.8 Å². The molecule has 1 aromatic heterocycles. The third-order valence-electron chi connectivity index (χ3n) is 3.01. The third kappa shape index (κ3) is 2.50. The Bertz CT molecular complexity index is 673. The van der Waals surface area contributed by atoms with E-state index >= 15 is 0 Å². The number of carbonyl (C=O) groups excluding carboxylic acids is 1. The van der Waals surface area contributed by atoms with Gasteiger partial charge in [-0.25, -0.2) is 0 Å². The molecule has 0 unspecified atom stereocenters. The van der Waals surface area contributed by atoms with E-state index in [4.69, 9.17) is 5.11 Å². The number of carboxylic acids is 1. The number of phenolic OH excluding ortho intramolecular Hbond substituents is 2. The maximum absolute atomic E-state index is 12.4. The summed E-state index contributed by atoms with van der Waals surface area (Å²) in [5.74, 6) is -2.25. The van der Waals surface area contributed by atoms with Crippen LogP contribution in [-0.2, 0) is 11.2 Å². The van der Waals surface area contributed by atoms with E-state index in [1.165, 1.54) is 18.3 Å². The molecule has 0 aliphatic carbocycles. The van der Waals surface area contributed by atoms with Crippen LogP contribution in [0.25, 0.3) is 0 Å². The zero-order chi connectivity index (χ0) is 14.9. The molecule has 20 heavy (non-hydrogen) atoms. The first-order valence-electron chi connectivity index (χ1n) is 5.75. The molecule has 0 saturated carbocycles. The standard InChI is InChI=1S/C14H12O5S/c1-7-9(4-12(17)18)13(11(16)5-10(7)15)14(19)8-2-3-20-6-8/h2-3,5-6,15-16H,4H2,1H3,(H,17,18). The first-order valence-corrected chi connectivity index (χ1v) is 6.69. The van der Waals surface area contributed by atoms with Crippen molar-refractivity contribution in [3.05, 3.63) is 45.1 Å². The van der Waals surface area contributed by atoms with Crippen LogP contribution in [0, 0.1) is 6.92 Å². The van der Waals surface area contributed by atoms with Crippen molar-refractivity contribution in [3.63, 3.8) is 0 Å². The van der Waals surface area contributed by atoms with E-state index in [-0.39, 0.29) is 22.4 Å². The molecular formula is C14H12O5S. The van der Waals surface area contributed by atoms with Gasteiger partial charge in [0, 0.05) is 17.0 Å². The average molecular weight is 292 g/mol. The van der Waals surface area contributed by atoms with E-state index in [0.29, 0.717) is 5.56 Å². The molecule has 1 aromatic carbocycles. The summed E-state index contributed by atoms with van der Waals surface area (Å²) in [5.41, 5.74) is 0.720. The lowest BCUT2D eigenvalue weighted by atomic mass is 9.92. The van der Waals surface area contributed by atoms with Crippen LogP contribution in [0.2, 0.25) is 0 Å². The van der Waals surface area contributed by atoms with Gasteiger partial charge in [-0.1, -0.05) is 0 Å². The molecule has 0 saturated heterocycles. The number of ketones is 1. The summed E-state index contributed by atoms with van der Waals surface area (Å²) in [4.78, 5) is 23.3. The normalized spacial score (nSPS) is 10.4. The highest BCUT2D eigenvalue weighted by Gasteiger charge is 2.23. The Labute approximate surface area is 118 Å². The summed E-state index contributed by atoms with van der Waals surface area (Å²) in [6, 6.07) is 2.65. The van der Waals surface area contributed by atoms with Crippen LogP contribution in [0.1, 0.15) is 27.0 Å². The SMILES string of the molecule is Cc1c(O)cc(O)c(C(=O)c2ccsc2)c1CC(=O)O. The number of carbonyl (C=O) groups is 2. The third-order valence-corrected chi connectivity index (χ3v) is 3.69. The van der Waals surface area contributed by atoms with Gasteiger partial charge >= 0.3 is 5.97 Å². The van der Waals surface area contributed by atoms with Gasteiger partial charge in [-0.2, -0.15) is 11.3 Å². The first kappa shape index (κ1) is 14.1. The van der Waals surface area contributed by atoms with Gasteiger partial charge < -0.3 is 15.3 Å². The summed E-state index contributed by atoms with van der Waals surface area (Å²) in [5, 5.41) is 31.9. The maximum Gasteiger partial charge on any atom is 0.307 e. The van der Waals surface area contributed by atoms with Crippen molar-refractivity contribution in [2.75, 3.05) is 0 Å². The van der Waals surface area contributed by atoms with Crippen LogP contribution in [0.15, 0.2) is 22.9 Å². The van der Waals surface area contributed by atoms with E-state index in [9.17, 15) is 19.8 Å². The van der Waals surface area contributed by atoms with Crippen LogP contribution in [0.3, 0.4) is 0 Å². The van der Waals surface area contributed by atoms with Crippen molar-refractivity contribution in [2.45, 2.75) is 13.3 Å². The minimum absolute atomic E-state index is 0.0684. The first-order chi connectivity index (χ1) is 9.41. The van der Waals surface area contributed by atoms with Crippen LogP contribution in [-0.4, -0.2) is 27.1 Å². The Morgan fingerprint density at radius 1 is 1.25 bits per heavy atom. The number of hydrogen-bond donors (Lipinski definition) is 3. The molecule has 0 spiro atoms. The fourth-order valence-electron chi connectivity index (χ4n) is 1.97. The Morgan fingerprint density at radius 2 is 1.95 bits per heavy atom. The molecule has 1 heterocycles. The molecular weight excluding hydrogens is 280 g/mol. The smallest absolute Gasteiger partial charge is 0.307 e. The molecule has 0 aliphatic heterocycles. The molecule has 0 atom stereocenters. The lowest BCUT2D eigenvalue weighted by Crippen LogP contribution is -2.11. The van der Waals surface area contributed by atoms with Crippen molar-refractivity contribution in [2.24, 2.45) is 0 Å². The molecule has 0 amide bonds. The average Bonchev–Trinajstić information content (AvgIpc) is 2.88. The molecule has 0 aliphatic rings. The number of benzene rings is 1. The van der Waals surface area contributed by atoms with Gasteiger partial charge in [0.2, 0.25) is 0 Å². The summed E-state index contributed by atoms with van der Waals surface area (Å²) in [6.07, 6.45) is -0.445. The second-order valence-corrected chi connectivity index (χ2v) is 5.09. The van der Waals surface area contributed by atoms with Crippen LogP contribution < -0.4 is 0 Å². The molecule has 3 N–H and O–H groups in total. The largest absolute Gasteiger partial charge is 0.508 e. The Balaban J connectivity index is 2.64. The van der Waals surface area contributed by atoms with E-state index in [1.807, 2.05) is 0 Å². The molecule has 0 bridgehead atoms. The molecule has 2 rings (SSSR count). The summed E-state index contributed by atoms with van der Waals surface area (Å²) >= 11 is 1.33. The molecule has 104 valence electrons. The van der Waals surface area contributed by atoms with Crippen molar-refractivity contribution in [1.29, 1.82) is 0 Å². The number of thiophene rings is 1. The zero-order valence-electron chi connectivity index (χ0n) is 10.6.